The van der Waals surface area contributed by atoms with E-state index in [0.29, 0.717) is 17.2 Å². The lowest BCUT2D eigenvalue weighted by atomic mass is 10.2. The van der Waals surface area contributed by atoms with Crippen LogP contribution in [0, 0.1) is 0 Å². The Morgan fingerprint density at radius 3 is 2.58 bits per heavy atom. The molecule has 0 fully saturated rings. The first-order valence-electron chi connectivity index (χ1n) is 7.89. The molecule has 0 spiro atoms. The van der Waals surface area contributed by atoms with Crippen LogP contribution in [-0.4, -0.2) is 18.5 Å². The van der Waals surface area contributed by atoms with Crippen molar-refractivity contribution in [1.82, 2.24) is 0 Å². The van der Waals surface area contributed by atoms with Gasteiger partial charge in [0.1, 0.15) is 5.75 Å². The summed E-state index contributed by atoms with van der Waals surface area (Å²) in [4.78, 5) is 16.4. The Bertz CT molecular complexity index is 902. The minimum atomic E-state index is -0.515. The first-order chi connectivity index (χ1) is 12.5. The quantitative estimate of drug-likeness (QED) is 0.375. The zero-order chi connectivity index (χ0) is 18.7. The van der Waals surface area contributed by atoms with E-state index >= 15 is 0 Å². The summed E-state index contributed by atoms with van der Waals surface area (Å²) in [7, 11) is 0. The average Bonchev–Trinajstić information content (AvgIpc) is 2.95. The smallest absolute Gasteiger partial charge is 0.363 e. The lowest BCUT2D eigenvalue weighted by Crippen LogP contribution is -2.05. The first kappa shape index (κ1) is 19.1. The fourth-order valence-electron chi connectivity index (χ4n) is 2.32. The molecule has 26 heavy (non-hydrogen) atoms. The van der Waals surface area contributed by atoms with Crippen molar-refractivity contribution in [1.29, 1.82) is 0 Å². The molecule has 0 saturated heterocycles. The topological polar surface area (TPSA) is 47.9 Å². The molecule has 0 N–H and O–H groups in total. The third kappa shape index (κ3) is 4.19. The fourth-order valence-corrected chi connectivity index (χ4v) is 3.99. The molecule has 0 atom stereocenters. The van der Waals surface area contributed by atoms with Crippen LogP contribution in [0.25, 0.3) is 6.08 Å². The van der Waals surface area contributed by atoms with E-state index < -0.39 is 5.97 Å². The van der Waals surface area contributed by atoms with Gasteiger partial charge in [-0.2, -0.15) is 0 Å². The van der Waals surface area contributed by atoms with E-state index in [9.17, 15) is 4.79 Å². The van der Waals surface area contributed by atoms with Gasteiger partial charge in [0.25, 0.3) is 0 Å². The number of esters is 1. The number of cyclic esters (lactones) is 1. The number of carbonyl (C=O) groups is 1. The van der Waals surface area contributed by atoms with E-state index in [-0.39, 0.29) is 11.6 Å². The normalized spacial score (nSPS) is 15.2. The number of ether oxygens (including phenoxy) is 2. The van der Waals surface area contributed by atoms with Gasteiger partial charge in [0.2, 0.25) is 5.90 Å². The van der Waals surface area contributed by atoms with Crippen molar-refractivity contribution in [3.05, 3.63) is 67.2 Å². The highest BCUT2D eigenvalue weighted by molar-refractivity contribution is 9.11. The number of rotatable bonds is 5. The molecule has 1 aliphatic rings. The van der Waals surface area contributed by atoms with Crippen molar-refractivity contribution in [3.8, 4) is 5.75 Å². The number of aliphatic imine (C=N–C) groups is 1. The Labute approximate surface area is 173 Å². The van der Waals surface area contributed by atoms with Crippen molar-refractivity contribution >= 4 is 61.4 Å². The van der Waals surface area contributed by atoms with E-state index in [1.807, 2.05) is 25.1 Å². The minimum Gasteiger partial charge on any atom is -0.491 e. The van der Waals surface area contributed by atoms with Gasteiger partial charge in [-0.3, -0.25) is 0 Å². The molecule has 3 rings (SSSR count). The van der Waals surface area contributed by atoms with Gasteiger partial charge in [-0.1, -0.05) is 30.7 Å². The van der Waals surface area contributed by atoms with Crippen LogP contribution in [0.5, 0.6) is 5.75 Å². The lowest BCUT2D eigenvalue weighted by Gasteiger charge is -2.10. The first-order valence-corrected chi connectivity index (χ1v) is 9.85. The molecule has 0 amide bonds. The SMILES string of the molecule is CCCOc1c(Br)cc(/C=C2\N=C(c3ccccc3Cl)OC2=O)cc1Br. The molecular weight excluding hydrogens is 485 g/mol. The van der Waals surface area contributed by atoms with Gasteiger partial charge >= 0.3 is 5.97 Å². The molecule has 4 nitrogen and oxygen atoms in total. The Balaban J connectivity index is 1.92. The average molecular weight is 500 g/mol. The molecule has 1 heterocycles. The van der Waals surface area contributed by atoms with Crippen molar-refractivity contribution in [2.75, 3.05) is 6.61 Å². The van der Waals surface area contributed by atoms with Gasteiger partial charge in [0.15, 0.2) is 5.70 Å². The number of hydrogen-bond acceptors (Lipinski definition) is 4. The van der Waals surface area contributed by atoms with E-state index in [1.165, 1.54) is 0 Å². The summed E-state index contributed by atoms with van der Waals surface area (Å²) >= 11 is 13.1. The van der Waals surface area contributed by atoms with E-state index in [4.69, 9.17) is 21.1 Å². The van der Waals surface area contributed by atoms with Gasteiger partial charge < -0.3 is 9.47 Å². The van der Waals surface area contributed by atoms with E-state index in [1.54, 1.807) is 24.3 Å². The molecule has 0 unspecified atom stereocenters. The summed E-state index contributed by atoms with van der Waals surface area (Å²) in [6.45, 7) is 2.66. The number of hydrogen-bond donors (Lipinski definition) is 0. The largest absolute Gasteiger partial charge is 0.491 e. The maximum absolute atomic E-state index is 12.2. The van der Waals surface area contributed by atoms with Crippen LogP contribution in [0.15, 0.2) is 56.0 Å². The molecule has 2 aromatic carbocycles. The minimum absolute atomic E-state index is 0.202. The fraction of sp³-hybridized carbons (Fsp3) is 0.158. The van der Waals surface area contributed by atoms with Gasteiger partial charge in [-0.15, -0.1) is 0 Å². The molecule has 0 bridgehead atoms. The highest BCUT2D eigenvalue weighted by Gasteiger charge is 2.25. The molecule has 0 radical (unpaired) electrons. The second kappa shape index (κ2) is 8.37. The second-order valence-corrected chi connectivity index (χ2v) is 7.59. The summed E-state index contributed by atoms with van der Waals surface area (Å²) in [5.41, 5.74) is 1.57. The van der Waals surface area contributed by atoms with Gasteiger partial charge in [-0.05, 0) is 74.2 Å². The Hall–Kier alpha value is -1.63. The summed E-state index contributed by atoms with van der Waals surface area (Å²) in [5.74, 6) is 0.412. The molecule has 1 aliphatic heterocycles. The molecule has 134 valence electrons. The monoisotopic (exact) mass is 497 g/mol. The molecule has 2 aromatic rings. The van der Waals surface area contributed by atoms with Crippen LogP contribution in [0.1, 0.15) is 24.5 Å². The summed E-state index contributed by atoms with van der Waals surface area (Å²) in [6.07, 6.45) is 2.57. The summed E-state index contributed by atoms with van der Waals surface area (Å²) < 4.78 is 12.5. The molecule has 0 aliphatic carbocycles. The highest BCUT2D eigenvalue weighted by Crippen LogP contribution is 2.36. The Morgan fingerprint density at radius 1 is 1.23 bits per heavy atom. The number of benzene rings is 2. The lowest BCUT2D eigenvalue weighted by molar-refractivity contribution is -0.129. The van der Waals surface area contributed by atoms with Crippen molar-refractivity contribution in [3.63, 3.8) is 0 Å². The summed E-state index contributed by atoms with van der Waals surface area (Å²) in [5, 5.41) is 0.475. The van der Waals surface area contributed by atoms with Crippen LogP contribution < -0.4 is 4.74 Å². The Kier molecular flexibility index (Phi) is 6.16. The predicted molar refractivity (Wildman–Crippen MR) is 110 cm³/mol. The van der Waals surface area contributed by atoms with E-state index in [0.717, 1.165) is 26.7 Å². The number of carbonyl (C=O) groups excluding carboxylic acids is 1. The third-order valence-electron chi connectivity index (χ3n) is 3.50. The second-order valence-electron chi connectivity index (χ2n) is 5.48. The molecule has 0 aromatic heterocycles. The van der Waals surface area contributed by atoms with Crippen molar-refractivity contribution in [2.45, 2.75) is 13.3 Å². The molecule has 0 saturated carbocycles. The molecular formula is C19H14Br2ClNO3. The molecule has 7 heteroatoms. The van der Waals surface area contributed by atoms with Crippen LogP contribution in [0.2, 0.25) is 5.02 Å². The third-order valence-corrected chi connectivity index (χ3v) is 5.01. The maximum Gasteiger partial charge on any atom is 0.363 e. The van der Waals surface area contributed by atoms with E-state index in [2.05, 4.69) is 36.9 Å². The predicted octanol–water partition coefficient (Wildman–Crippen LogP) is 6.00. The number of nitrogens with zero attached hydrogens (tertiary/aromatic N) is 1. The van der Waals surface area contributed by atoms with Gasteiger partial charge in [-0.25, -0.2) is 9.79 Å². The standard InChI is InChI=1S/C19H14Br2ClNO3/c1-2-7-25-17-13(20)8-11(9-14(17)21)10-16-19(24)26-18(23-16)12-5-3-4-6-15(12)22/h3-6,8-10H,2,7H2,1H3/b16-10-. The van der Waals surface area contributed by atoms with Gasteiger partial charge in [0.05, 0.1) is 26.1 Å². The zero-order valence-electron chi connectivity index (χ0n) is 13.8. The van der Waals surface area contributed by atoms with Crippen LogP contribution in [0.4, 0.5) is 0 Å². The van der Waals surface area contributed by atoms with Crippen molar-refractivity contribution in [2.24, 2.45) is 4.99 Å². The Morgan fingerprint density at radius 2 is 1.92 bits per heavy atom. The highest BCUT2D eigenvalue weighted by atomic mass is 79.9. The maximum atomic E-state index is 12.2. The van der Waals surface area contributed by atoms with Gasteiger partial charge in [0, 0.05) is 0 Å². The van der Waals surface area contributed by atoms with Crippen molar-refractivity contribution < 1.29 is 14.3 Å². The van der Waals surface area contributed by atoms with Crippen LogP contribution in [-0.2, 0) is 9.53 Å². The van der Waals surface area contributed by atoms with Crippen LogP contribution in [0.3, 0.4) is 0 Å². The number of halogens is 3. The summed E-state index contributed by atoms with van der Waals surface area (Å²) in [6, 6.07) is 10.8. The zero-order valence-corrected chi connectivity index (χ0v) is 17.7. The van der Waals surface area contributed by atoms with Crippen LogP contribution >= 0.6 is 43.5 Å².